The Labute approximate surface area is 106 Å². The maximum Gasteiger partial charge on any atom is 0.273 e. The van der Waals surface area contributed by atoms with Crippen molar-refractivity contribution in [1.29, 1.82) is 0 Å². The second kappa shape index (κ2) is 4.41. The van der Waals surface area contributed by atoms with Crippen LogP contribution in [0.4, 0.5) is 5.69 Å². The zero-order valence-electron chi connectivity index (χ0n) is 8.80. The van der Waals surface area contributed by atoms with Gasteiger partial charge in [-0.3, -0.25) is 20.2 Å². The largest absolute Gasteiger partial charge is 0.868 e. The molecule has 1 heterocycles. The van der Waals surface area contributed by atoms with Gasteiger partial charge in [-0.1, -0.05) is 12.1 Å². The molecule has 1 aromatic rings. The number of amides is 1. The third-order valence-electron chi connectivity index (χ3n) is 2.21. The predicted molar refractivity (Wildman–Crippen MR) is 64.4 cm³/mol. The fourth-order valence-corrected chi connectivity index (χ4v) is 1.62. The van der Waals surface area contributed by atoms with Gasteiger partial charge in [0.1, 0.15) is 5.70 Å². The first-order valence-electron chi connectivity index (χ1n) is 4.77. The number of benzene rings is 1. The third-order valence-corrected chi connectivity index (χ3v) is 2.41. The third kappa shape index (κ3) is 2.28. The fraction of sp³-hybridized carbons (Fsp3) is 0. The molecule has 2 rings (SSSR count). The average Bonchev–Trinajstić information content (AvgIpc) is 2.60. The van der Waals surface area contributed by atoms with E-state index in [-0.39, 0.29) is 10.8 Å². The number of nitro groups is 1. The van der Waals surface area contributed by atoms with Gasteiger partial charge in [0, 0.05) is 6.07 Å². The first-order chi connectivity index (χ1) is 8.47. The Balaban J connectivity index is 2.38. The topological polar surface area (TPSA) is 107 Å². The summed E-state index contributed by atoms with van der Waals surface area (Å²) in [5.41, 5.74) is 0.00179. The smallest absolute Gasteiger partial charge is 0.273 e. The van der Waals surface area contributed by atoms with Crippen LogP contribution in [-0.2, 0) is 4.79 Å². The number of hydrogen-bond donors (Lipinski definition) is 2. The molecule has 0 aliphatic carbocycles. The highest BCUT2D eigenvalue weighted by Gasteiger charge is 2.20. The van der Waals surface area contributed by atoms with Crippen molar-refractivity contribution in [2.24, 2.45) is 0 Å². The highest BCUT2D eigenvalue weighted by Crippen LogP contribution is 2.24. The standard InChI is InChI=1S/C10H7N3O4S/c14-8-2-1-5(4-7(8)13(16)17)3-6-9(15)12-10(18)11-6/h1-4,14H,(H2,11,12,15,18)/p-1/b6-3-. The van der Waals surface area contributed by atoms with E-state index in [9.17, 15) is 20.0 Å². The zero-order valence-corrected chi connectivity index (χ0v) is 9.61. The van der Waals surface area contributed by atoms with Crippen LogP contribution in [0.3, 0.4) is 0 Å². The van der Waals surface area contributed by atoms with Crippen LogP contribution in [0.25, 0.3) is 6.08 Å². The van der Waals surface area contributed by atoms with E-state index in [1.54, 1.807) is 0 Å². The fourth-order valence-electron chi connectivity index (χ4n) is 1.42. The van der Waals surface area contributed by atoms with Crippen LogP contribution < -0.4 is 15.7 Å². The first kappa shape index (κ1) is 12.0. The summed E-state index contributed by atoms with van der Waals surface area (Å²) >= 11 is 4.74. The minimum absolute atomic E-state index is 0.168. The van der Waals surface area contributed by atoms with E-state index >= 15 is 0 Å². The second-order valence-electron chi connectivity index (χ2n) is 3.45. The molecular weight excluding hydrogens is 258 g/mol. The molecule has 92 valence electrons. The lowest BCUT2D eigenvalue weighted by Gasteiger charge is -2.06. The van der Waals surface area contributed by atoms with Crippen LogP contribution >= 0.6 is 12.2 Å². The molecule has 0 aromatic heterocycles. The van der Waals surface area contributed by atoms with Crippen LogP contribution in [0.15, 0.2) is 23.9 Å². The Bertz CT molecular complexity index is 597. The summed E-state index contributed by atoms with van der Waals surface area (Å²) < 4.78 is 0. The SMILES string of the molecule is O=C1NC(=S)N/C1=C\c1ccc([O-])c([N+](=O)[O-])c1. The van der Waals surface area contributed by atoms with Crippen molar-refractivity contribution in [3.63, 3.8) is 0 Å². The molecule has 1 aliphatic rings. The van der Waals surface area contributed by atoms with Gasteiger partial charge in [0.2, 0.25) is 0 Å². The number of carbonyl (C=O) groups excluding carboxylic acids is 1. The monoisotopic (exact) mass is 264 g/mol. The van der Waals surface area contributed by atoms with Gasteiger partial charge in [0.25, 0.3) is 11.6 Å². The number of hydrogen-bond acceptors (Lipinski definition) is 5. The minimum atomic E-state index is -0.767. The normalized spacial score (nSPS) is 16.6. The summed E-state index contributed by atoms with van der Waals surface area (Å²) in [6.07, 6.45) is 1.38. The van der Waals surface area contributed by atoms with Gasteiger partial charge < -0.3 is 10.4 Å². The van der Waals surface area contributed by atoms with E-state index in [1.807, 2.05) is 0 Å². The Morgan fingerprint density at radius 2 is 2.06 bits per heavy atom. The van der Waals surface area contributed by atoms with Crippen molar-refractivity contribution in [3.05, 3.63) is 39.6 Å². The molecule has 1 fully saturated rings. The average molecular weight is 264 g/mol. The Hall–Kier alpha value is -2.48. The number of thiocarbonyl (C=S) groups is 1. The molecule has 18 heavy (non-hydrogen) atoms. The number of carbonyl (C=O) groups is 1. The number of nitrogens with zero attached hydrogens (tertiary/aromatic N) is 1. The molecule has 0 unspecified atom stereocenters. The van der Waals surface area contributed by atoms with Crippen molar-refractivity contribution >= 4 is 35.0 Å². The zero-order chi connectivity index (χ0) is 13.3. The van der Waals surface area contributed by atoms with Crippen LogP contribution in [0.1, 0.15) is 5.56 Å². The Kier molecular flexibility index (Phi) is 2.94. The molecule has 1 saturated heterocycles. The maximum absolute atomic E-state index is 11.3. The highest BCUT2D eigenvalue weighted by molar-refractivity contribution is 7.80. The molecule has 1 aromatic carbocycles. The van der Waals surface area contributed by atoms with Crippen molar-refractivity contribution in [1.82, 2.24) is 10.6 Å². The summed E-state index contributed by atoms with van der Waals surface area (Å²) in [5.74, 6) is -1.10. The molecule has 7 nitrogen and oxygen atoms in total. The lowest BCUT2D eigenvalue weighted by Crippen LogP contribution is -2.21. The molecule has 0 atom stereocenters. The highest BCUT2D eigenvalue weighted by atomic mass is 32.1. The summed E-state index contributed by atoms with van der Waals surface area (Å²) in [4.78, 5) is 21.2. The van der Waals surface area contributed by atoms with Crippen molar-refractivity contribution in [2.45, 2.75) is 0 Å². The van der Waals surface area contributed by atoms with E-state index in [1.165, 1.54) is 12.1 Å². The van der Waals surface area contributed by atoms with Crippen LogP contribution in [0.5, 0.6) is 5.75 Å². The minimum Gasteiger partial charge on any atom is -0.868 e. The van der Waals surface area contributed by atoms with Gasteiger partial charge in [-0.25, -0.2) is 0 Å². The number of nitro benzene ring substituents is 1. The maximum atomic E-state index is 11.3. The number of nitrogens with one attached hydrogen (secondary N) is 2. The van der Waals surface area contributed by atoms with Crippen molar-refractivity contribution in [3.8, 4) is 5.75 Å². The van der Waals surface area contributed by atoms with E-state index in [0.717, 1.165) is 12.1 Å². The summed E-state index contributed by atoms with van der Waals surface area (Å²) in [7, 11) is 0. The van der Waals surface area contributed by atoms with Gasteiger partial charge in [-0.2, -0.15) is 0 Å². The summed E-state index contributed by atoms with van der Waals surface area (Å²) in [6.45, 7) is 0. The molecule has 0 bridgehead atoms. The molecular formula is C10H6N3O4S-. The molecule has 1 amide bonds. The van der Waals surface area contributed by atoms with Gasteiger partial charge in [0.15, 0.2) is 5.11 Å². The lowest BCUT2D eigenvalue weighted by atomic mass is 10.1. The van der Waals surface area contributed by atoms with Gasteiger partial charge in [0.05, 0.1) is 4.92 Å². The number of rotatable bonds is 2. The lowest BCUT2D eigenvalue weighted by molar-refractivity contribution is -0.398. The molecule has 0 saturated carbocycles. The summed E-state index contributed by atoms with van der Waals surface area (Å²) in [6, 6.07) is 3.57. The molecule has 0 radical (unpaired) electrons. The van der Waals surface area contributed by atoms with E-state index in [4.69, 9.17) is 12.2 Å². The van der Waals surface area contributed by atoms with Crippen LogP contribution in [-0.4, -0.2) is 15.9 Å². The van der Waals surface area contributed by atoms with E-state index < -0.39 is 22.3 Å². The Morgan fingerprint density at radius 3 is 2.61 bits per heavy atom. The Morgan fingerprint density at radius 1 is 1.33 bits per heavy atom. The molecule has 0 spiro atoms. The first-order valence-corrected chi connectivity index (χ1v) is 5.17. The quantitative estimate of drug-likeness (QED) is 0.337. The molecule has 2 N–H and O–H groups in total. The predicted octanol–water partition coefficient (Wildman–Crippen LogP) is 0.0136. The van der Waals surface area contributed by atoms with E-state index in [0.29, 0.717) is 5.56 Å². The second-order valence-corrected chi connectivity index (χ2v) is 3.86. The summed E-state index contributed by atoms with van der Waals surface area (Å²) in [5, 5.41) is 26.9. The van der Waals surface area contributed by atoms with Gasteiger partial charge >= 0.3 is 0 Å². The van der Waals surface area contributed by atoms with Crippen LogP contribution in [0, 0.1) is 10.1 Å². The van der Waals surface area contributed by atoms with Gasteiger partial charge in [-0.15, -0.1) is 0 Å². The van der Waals surface area contributed by atoms with Gasteiger partial charge in [-0.05, 0) is 29.6 Å². The van der Waals surface area contributed by atoms with Crippen molar-refractivity contribution < 1.29 is 14.8 Å². The molecule has 1 aliphatic heterocycles. The van der Waals surface area contributed by atoms with Crippen LogP contribution in [0.2, 0.25) is 0 Å². The van der Waals surface area contributed by atoms with Crippen molar-refractivity contribution in [2.75, 3.05) is 0 Å². The molecule has 8 heteroatoms. The van der Waals surface area contributed by atoms with E-state index in [2.05, 4.69) is 10.6 Å².